The van der Waals surface area contributed by atoms with Gasteiger partial charge in [-0.15, -0.1) is 0 Å². The summed E-state index contributed by atoms with van der Waals surface area (Å²) in [6, 6.07) is 39.1. The molecule has 0 saturated heterocycles. The number of nitrogens with zero attached hydrogens (tertiary/aromatic N) is 2. The van der Waals surface area contributed by atoms with Gasteiger partial charge in [0.05, 0.1) is 5.69 Å². The molecule has 4 aliphatic rings. The van der Waals surface area contributed by atoms with Crippen molar-refractivity contribution in [1.29, 1.82) is 0 Å². The lowest BCUT2D eigenvalue weighted by Crippen LogP contribution is -2.62. The standard InChI is InChI=1S/C62H73BN2/c1-38-30-54-56-55(31-38)65(51-36-46-44(32-39(51)2)59(9,10)26-28-61(46,13)14)52-34-42(58(6,7)8)22-24-48(52)63(56)49-35-45-47(62(15,16)29-27-60(45,11)12)37-53(49)64(54)50-25-23-41(57(3,4)5)33-43(50)40-20-18-17-19-21-40/h17-25,30-37H,26-29H2,1-16H3/i1D3. The van der Waals surface area contributed by atoms with E-state index in [2.05, 4.69) is 205 Å². The first-order valence-corrected chi connectivity index (χ1v) is 24.5. The Morgan fingerprint density at radius 3 is 1.51 bits per heavy atom. The maximum absolute atomic E-state index is 9.23. The first-order valence-electron chi connectivity index (χ1n) is 26.0. The van der Waals surface area contributed by atoms with E-state index in [-0.39, 0.29) is 39.2 Å². The third-order valence-electron chi connectivity index (χ3n) is 16.5. The van der Waals surface area contributed by atoms with Crippen molar-refractivity contribution in [2.45, 2.75) is 169 Å². The minimum Gasteiger partial charge on any atom is -0.311 e. The van der Waals surface area contributed by atoms with E-state index in [4.69, 9.17) is 0 Å². The van der Waals surface area contributed by atoms with Gasteiger partial charge in [0, 0.05) is 38.1 Å². The maximum Gasteiger partial charge on any atom is 0.252 e. The van der Waals surface area contributed by atoms with Crippen LogP contribution in [0.25, 0.3) is 11.1 Å². The lowest BCUT2D eigenvalue weighted by atomic mass is 9.33. The number of anilines is 6. The van der Waals surface area contributed by atoms with E-state index in [9.17, 15) is 4.11 Å². The van der Waals surface area contributed by atoms with E-state index in [0.717, 1.165) is 76.4 Å². The first kappa shape index (κ1) is 40.3. The number of benzene rings is 6. The van der Waals surface area contributed by atoms with Crippen molar-refractivity contribution >= 4 is 57.2 Å². The zero-order chi connectivity index (χ0) is 49.1. The summed E-state index contributed by atoms with van der Waals surface area (Å²) in [5.74, 6) is 0. The van der Waals surface area contributed by atoms with Gasteiger partial charge in [-0.3, -0.25) is 0 Å². The monoisotopic (exact) mass is 860 g/mol. The molecular formula is C62H73BN2. The summed E-state index contributed by atoms with van der Waals surface area (Å²) in [4.78, 5) is 4.96. The summed E-state index contributed by atoms with van der Waals surface area (Å²) in [5, 5.41) is 0. The predicted molar refractivity (Wildman–Crippen MR) is 283 cm³/mol. The van der Waals surface area contributed by atoms with Gasteiger partial charge in [0.25, 0.3) is 6.71 Å². The Kier molecular flexibility index (Phi) is 8.83. The highest BCUT2D eigenvalue weighted by atomic mass is 15.2. The predicted octanol–water partition coefficient (Wildman–Crippen LogP) is 15.3. The topological polar surface area (TPSA) is 6.48 Å². The van der Waals surface area contributed by atoms with Gasteiger partial charge in [-0.1, -0.05) is 158 Å². The van der Waals surface area contributed by atoms with Crippen LogP contribution in [0.4, 0.5) is 34.1 Å². The van der Waals surface area contributed by atoms with Crippen LogP contribution in [0.5, 0.6) is 0 Å². The fourth-order valence-corrected chi connectivity index (χ4v) is 12.0. The molecule has 0 aromatic heterocycles. The fourth-order valence-electron chi connectivity index (χ4n) is 12.0. The fraction of sp³-hybridized carbons (Fsp3) is 0.419. The molecule has 0 radical (unpaired) electrons. The molecule has 0 spiro atoms. The zero-order valence-corrected chi connectivity index (χ0v) is 42.1. The molecule has 2 aliphatic carbocycles. The lowest BCUT2D eigenvalue weighted by molar-refractivity contribution is 0.332. The van der Waals surface area contributed by atoms with Gasteiger partial charge in [0.1, 0.15) is 0 Å². The average molecular weight is 860 g/mol. The van der Waals surface area contributed by atoms with Crippen LogP contribution >= 0.6 is 0 Å². The van der Waals surface area contributed by atoms with Crippen molar-refractivity contribution in [2.24, 2.45) is 0 Å². The Hall–Kier alpha value is -5.02. The summed E-state index contributed by atoms with van der Waals surface area (Å²) < 4.78 is 27.7. The zero-order valence-electron chi connectivity index (χ0n) is 45.1. The van der Waals surface area contributed by atoms with E-state index in [1.54, 1.807) is 0 Å². The summed E-state index contributed by atoms with van der Waals surface area (Å²) in [6.07, 6.45) is 4.45. The molecule has 0 amide bonds. The molecule has 334 valence electrons. The van der Waals surface area contributed by atoms with Crippen molar-refractivity contribution < 1.29 is 4.11 Å². The van der Waals surface area contributed by atoms with Gasteiger partial charge in [-0.25, -0.2) is 0 Å². The molecular weight excluding hydrogens is 784 g/mol. The molecule has 0 saturated carbocycles. The van der Waals surface area contributed by atoms with Crippen LogP contribution in [-0.2, 0) is 32.5 Å². The molecule has 2 heterocycles. The third-order valence-corrected chi connectivity index (χ3v) is 16.5. The third kappa shape index (κ3) is 6.87. The first-order chi connectivity index (χ1) is 31.5. The Bertz CT molecular complexity index is 3050. The quantitative estimate of drug-likeness (QED) is 0.163. The van der Waals surface area contributed by atoms with E-state index in [1.807, 2.05) is 12.1 Å². The Morgan fingerprint density at radius 1 is 0.477 bits per heavy atom. The number of hydrogen-bond donors (Lipinski definition) is 0. The smallest absolute Gasteiger partial charge is 0.252 e. The summed E-state index contributed by atoms with van der Waals surface area (Å²) in [7, 11) is 0. The highest BCUT2D eigenvalue weighted by Gasteiger charge is 2.48. The van der Waals surface area contributed by atoms with Crippen LogP contribution in [0.1, 0.15) is 171 Å². The minimum absolute atomic E-state index is 0.0237. The van der Waals surface area contributed by atoms with Crippen LogP contribution in [0, 0.1) is 13.8 Å². The van der Waals surface area contributed by atoms with Crippen molar-refractivity contribution in [2.75, 3.05) is 9.80 Å². The summed E-state index contributed by atoms with van der Waals surface area (Å²) in [5.41, 5.74) is 21.7. The van der Waals surface area contributed by atoms with Gasteiger partial charge in [-0.2, -0.15) is 0 Å². The molecule has 2 nitrogen and oxygen atoms in total. The highest BCUT2D eigenvalue weighted by molar-refractivity contribution is 7.00. The second kappa shape index (κ2) is 14.2. The van der Waals surface area contributed by atoms with Gasteiger partial charge < -0.3 is 9.80 Å². The highest BCUT2D eigenvalue weighted by Crippen LogP contribution is 2.54. The Morgan fingerprint density at radius 2 is 0.954 bits per heavy atom. The number of fused-ring (bicyclic) bond motifs is 6. The molecule has 6 aromatic rings. The van der Waals surface area contributed by atoms with Crippen LogP contribution in [0.2, 0.25) is 0 Å². The number of rotatable bonds is 3. The molecule has 0 unspecified atom stereocenters. The summed E-state index contributed by atoms with van der Waals surface area (Å²) >= 11 is 0. The molecule has 0 atom stereocenters. The SMILES string of the molecule is [2H]C([2H])([2H])c1cc2c3c(c1)N(c1ccc(C(C)(C)C)cc1-c1ccccc1)c1cc4c(cc1B3c1ccc(C(C)(C)C)cc1N2c1cc2c(cc1C)C(C)(C)CCC2(C)C)C(C)(C)CCC4(C)C. The molecule has 0 bridgehead atoms. The molecule has 3 heteroatoms. The lowest BCUT2D eigenvalue weighted by Gasteiger charge is -2.48. The van der Waals surface area contributed by atoms with Gasteiger partial charge in [-0.05, 0) is 181 Å². The minimum atomic E-state index is -2.37. The van der Waals surface area contributed by atoms with Crippen LogP contribution in [0.15, 0.2) is 103 Å². The van der Waals surface area contributed by atoms with Crippen LogP contribution in [-0.4, -0.2) is 6.71 Å². The van der Waals surface area contributed by atoms with E-state index < -0.39 is 6.85 Å². The van der Waals surface area contributed by atoms with Crippen molar-refractivity contribution in [3.05, 3.63) is 148 Å². The number of aryl methyl sites for hydroxylation is 2. The van der Waals surface area contributed by atoms with Gasteiger partial charge in [0.2, 0.25) is 0 Å². The van der Waals surface area contributed by atoms with E-state index in [0.29, 0.717) is 5.56 Å². The van der Waals surface area contributed by atoms with Gasteiger partial charge in [0.15, 0.2) is 0 Å². The van der Waals surface area contributed by atoms with Crippen LogP contribution in [0.3, 0.4) is 0 Å². The molecule has 65 heavy (non-hydrogen) atoms. The van der Waals surface area contributed by atoms with E-state index >= 15 is 0 Å². The van der Waals surface area contributed by atoms with Crippen LogP contribution < -0.4 is 26.2 Å². The largest absolute Gasteiger partial charge is 0.311 e. The maximum atomic E-state index is 9.23. The molecule has 0 fully saturated rings. The number of hydrogen-bond acceptors (Lipinski definition) is 2. The molecule has 10 rings (SSSR count). The second-order valence-electron chi connectivity index (χ2n) is 25.1. The Balaban J connectivity index is 1.39. The van der Waals surface area contributed by atoms with Crippen molar-refractivity contribution in [3.63, 3.8) is 0 Å². The van der Waals surface area contributed by atoms with Crippen molar-refractivity contribution in [1.82, 2.24) is 0 Å². The molecule has 6 aromatic carbocycles. The average Bonchev–Trinajstić information content (AvgIpc) is 3.25. The van der Waals surface area contributed by atoms with Gasteiger partial charge >= 0.3 is 0 Å². The summed E-state index contributed by atoms with van der Waals surface area (Å²) in [6.45, 7) is 32.8. The molecule has 0 N–H and O–H groups in total. The normalized spacial score (nSPS) is 19.5. The second-order valence-corrected chi connectivity index (χ2v) is 25.1. The van der Waals surface area contributed by atoms with E-state index in [1.165, 1.54) is 49.9 Å². The van der Waals surface area contributed by atoms with Crippen molar-refractivity contribution in [3.8, 4) is 11.1 Å². The molecule has 2 aliphatic heterocycles. The Labute approximate surface area is 397 Å².